The lowest BCUT2D eigenvalue weighted by atomic mass is 9.93. The molecule has 11 heavy (non-hydrogen) atoms. The van der Waals surface area contributed by atoms with E-state index < -0.39 is 0 Å². The lowest BCUT2D eigenvalue weighted by Gasteiger charge is -2.27. The Morgan fingerprint density at radius 1 is 1.64 bits per heavy atom. The molecule has 0 bridgehead atoms. The van der Waals surface area contributed by atoms with Gasteiger partial charge in [-0.2, -0.15) is 0 Å². The molecule has 60 valence electrons. The number of hydrogen-bond acceptors (Lipinski definition) is 2. The van der Waals surface area contributed by atoms with Gasteiger partial charge in [0, 0.05) is 18.4 Å². The number of ether oxygens (including phenoxy) is 1. The third-order valence-corrected chi connectivity index (χ3v) is 2.28. The first-order valence-corrected chi connectivity index (χ1v) is 3.98. The van der Waals surface area contributed by atoms with E-state index in [1.807, 2.05) is 6.20 Å². The SMILES string of the molecule is COc1nccn1C1CCC1. The van der Waals surface area contributed by atoms with E-state index in [0.717, 1.165) is 6.01 Å². The van der Waals surface area contributed by atoms with E-state index in [2.05, 4.69) is 9.55 Å². The Hall–Kier alpha value is -0.990. The molecule has 1 heterocycles. The third-order valence-electron chi connectivity index (χ3n) is 2.28. The Labute approximate surface area is 66.0 Å². The molecule has 1 aromatic heterocycles. The summed E-state index contributed by atoms with van der Waals surface area (Å²) in [6, 6.07) is 1.39. The maximum atomic E-state index is 5.09. The van der Waals surface area contributed by atoms with Crippen molar-refractivity contribution in [3.05, 3.63) is 12.4 Å². The highest BCUT2D eigenvalue weighted by Gasteiger charge is 2.21. The maximum absolute atomic E-state index is 5.09. The fourth-order valence-corrected chi connectivity index (χ4v) is 1.40. The smallest absolute Gasteiger partial charge is 0.296 e. The van der Waals surface area contributed by atoms with Gasteiger partial charge in [0.1, 0.15) is 0 Å². The summed E-state index contributed by atoms with van der Waals surface area (Å²) in [5, 5.41) is 0. The molecule has 1 aromatic rings. The van der Waals surface area contributed by atoms with E-state index in [1.54, 1.807) is 13.3 Å². The second-order valence-corrected chi connectivity index (χ2v) is 2.91. The van der Waals surface area contributed by atoms with Gasteiger partial charge in [0.15, 0.2) is 0 Å². The number of aromatic nitrogens is 2. The average molecular weight is 152 g/mol. The molecule has 0 spiro atoms. The fraction of sp³-hybridized carbons (Fsp3) is 0.625. The van der Waals surface area contributed by atoms with Crippen LogP contribution in [0.5, 0.6) is 6.01 Å². The molecule has 0 amide bonds. The number of hydrogen-bond donors (Lipinski definition) is 0. The zero-order valence-corrected chi connectivity index (χ0v) is 6.66. The summed E-state index contributed by atoms with van der Waals surface area (Å²) in [6.07, 6.45) is 7.66. The second kappa shape index (κ2) is 2.57. The highest BCUT2D eigenvalue weighted by Crippen LogP contribution is 2.33. The van der Waals surface area contributed by atoms with Crippen molar-refractivity contribution in [1.82, 2.24) is 9.55 Å². The molecular formula is C8H12N2O. The number of methoxy groups -OCH3 is 1. The molecule has 0 N–H and O–H groups in total. The zero-order chi connectivity index (χ0) is 7.68. The van der Waals surface area contributed by atoms with Crippen LogP contribution in [0, 0.1) is 0 Å². The molecular weight excluding hydrogens is 140 g/mol. The molecule has 0 atom stereocenters. The van der Waals surface area contributed by atoms with E-state index >= 15 is 0 Å². The number of rotatable bonds is 2. The molecule has 0 aliphatic heterocycles. The van der Waals surface area contributed by atoms with Gasteiger partial charge in [-0.3, -0.25) is 4.57 Å². The van der Waals surface area contributed by atoms with Crippen LogP contribution in [0.4, 0.5) is 0 Å². The summed E-state index contributed by atoms with van der Waals surface area (Å²) in [5.41, 5.74) is 0. The second-order valence-electron chi connectivity index (χ2n) is 2.91. The Morgan fingerprint density at radius 3 is 3.00 bits per heavy atom. The van der Waals surface area contributed by atoms with Gasteiger partial charge in [0.2, 0.25) is 0 Å². The summed E-state index contributed by atoms with van der Waals surface area (Å²) in [7, 11) is 1.66. The van der Waals surface area contributed by atoms with Gasteiger partial charge in [-0.05, 0) is 19.3 Å². The zero-order valence-electron chi connectivity index (χ0n) is 6.66. The monoisotopic (exact) mass is 152 g/mol. The summed E-state index contributed by atoms with van der Waals surface area (Å²) < 4.78 is 7.21. The van der Waals surface area contributed by atoms with E-state index in [4.69, 9.17) is 4.74 Å². The summed E-state index contributed by atoms with van der Waals surface area (Å²) in [4.78, 5) is 4.08. The average Bonchev–Trinajstić information content (AvgIpc) is 2.32. The van der Waals surface area contributed by atoms with Gasteiger partial charge >= 0.3 is 0 Å². The van der Waals surface area contributed by atoms with Crippen molar-refractivity contribution in [1.29, 1.82) is 0 Å². The van der Waals surface area contributed by atoms with Crippen molar-refractivity contribution in [2.45, 2.75) is 25.3 Å². The molecule has 3 nitrogen and oxygen atoms in total. The van der Waals surface area contributed by atoms with Crippen LogP contribution < -0.4 is 4.74 Å². The molecule has 1 aliphatic carbocycles. The van der Waals surface area contributed by atoms with E-state index in [0.29, 0.717) is 6.04 Å². The van der Waals surface area contributed by atoms with Crippen molar-refractivity contribution in [2.75, 3.05) is 7.11 Å². The first kappa shape index (κ1) is 6.70. The molecule has 0 saturated heterocycles. The topological polar surface area (TPSA) is 27.1 Å². The van der Waals surface area contributed by atoms with Crippen molar-refractivity contribution in [2.24, 2.45) is 0 Å². The molecule has 2 rings (SSSR count). The minimum Gasteiger partial charge on any atom is -0.468 e. The molecule has 0 aromatic carbocycles. The van der Waals surface area contributed by atoms with Gasteiger partial charge in [0.05, 0.1) is 7.11 Å². The summed E-state index contributed by atoms with van der Waals surface area (Å²) in [5.74, 6) is 0. The first-order chi connectivity index (χ1) is 5.42. The lowest BCUT2D eigenvalue weighted by molar-refractivity contribution is 0.267. The van der Waals surface area contributed by atoms with E-state index in [-0.39, 0.29) is 0 Å². The Kier molecular flexibility index (Phi) is 1.56. The van der Waals surface area contributed by atoms with E-state index in [1.165, 1.54) is 19.3 Å². The van der Waals surface area contributed by atoms with Gasteiger partial charge in [0.25, 0.3) is 6.01 Å². The van der Waals surface area contributed by atoms with Crippen molar-refractivity contribution >= 4 is 0 Å². The molecule has 3 heteroatoms. The predicted octanol–water partition coefficient (Wildman–Crippen LogP) is 1.62. The van der Waals surface area contributed by atoms with Gasteiger partial charge < -0.3 is 4.74 Å². The van der Waals surface area contributed by atoms with Gasteiger partial charge in [-0.15, -0.1) is 0 Å². The van der Waals surface area contributed by atoms with Crippen molar-refractivity contribution in [3.63, 3.8) is 0 Å². The Balaban J connectivity index is 2.20. The summed E-state index contributed by atoms with van der Waals surface area (Å²) >= 11 is 0. The molecule has 1 saturated carbocycles. The Bertz CT molecular complexity index is 240. The molecule has 1 aliphatic rings. The largest absolute Gasteiger partial charge is 0.468 e. The standard InChI is InChI=1S/C8H12N2O/c1-11-8-9-5-6-10(8)7-3-2-4-7/h5-7H,2-4H2,1H3. The van der Waals surface area contributed by atoms with Crippen LogP contribution in [0.3, 0.4) is 0 Å². The van der Waals surface area contributed by atoms with Gasteiger partial charge in [-0.1, -0.05) is 0 Å². The molecule has 0 unspecified atom stereocenters. The lowest BCUT2D eigenvalue weighted by Crippen LogP contribution is -2.16. The first-order valence-electron chi connectivity index (χ1n) is 3.98. The van der Waals surface area contributed by atoms with Crippen LogP contribution in [-0.2, 0) is 0 Å². The Morgan fingerprint density at radius 2 is 2.45 bits per heavy atom. The predicted molar refractivity (Wildman–Crippen MR) is 41.7 cm³/mol. The van der Waals surface area contributed by atoms with Crippen LogP contribution in [0.1, 0.15) is 25.3 Å². The number of imidazole rings is 1. The third kappa shape index (κ3) is 1.00. The minimum absolute atomic E-state index is 0.646. The molecule has 0 radical (unpaired) electrons. The van der Waals surface area contributed by atoms with Crippen LogP contribution in [0.15, 0.2) is 12.4 Å². The highest BCUT2D eigenvalue weighted by atomic mass is 16.5. The normalized spacial score (nSPS) is 17.9. The fourth-order valence-electron chi connectivity index (χ4n) is 1.40. The number of nitrogens with zero attached hydrogens (tertiary/aromatic N) is 2. The maximum Gasteiger partial charge on any atom is 0.296 e. The minimum atomic E-state index is 0.646. The quantitative estimate of drug-likeness (QED) is 0.643. The van der Waals surface area contributed by atoms with Crippen LogP contribution in [0.25, 0.3) is 0 Å². The van der Waals surface area contributed by atoms with E-state index in [9.17, 15) is 0 Å². The van der Waals surface area contributed by atoms with Crippen molar-refractivity contribution < 1.29 is 4.74 Å². The van der Waals surface area contributed by atoms with Crippen molar-refractivity contribution in [3.8, 4) is 6.01 Å². The van der Waals surface area contributed by atoms with Gasteiger partial charge in [-0.25, -0.2) is 4.98 Å². The van der Waals surface area contributed by atoms with Crippen LogP contribution in [0.2, 0.25) is 0 Å². The van der Waals surface area contributed by atoms with Crippen LogP contribution in [-0.4, -0.2) is 16.7 Å². The summed E-state index contributed by atoms with van der Waals surface area (Å²) in [6.45, 7) is 0. The van der Waals surface area contributed by atoms with Crippen LogP contribution >= 0.6 is 0 Å². The molecule has 1 fully saturated rings. The highest BCUT2D eigenvalue weighted by molar-refractivity contribution is 5.02.